The van der Waals surface area contributed by atoms with E-state index in [0.29, 0.717) is 6.42 Å². The van der Waals surface area contributed by atoms with Crippen molar-refractivity contribution in [2.75, 3.05) is 5.75 Å². The largest absolute Gasteiger partial charge is 0.372 e. The number of primary amides is 1. The molecule has 10 heavy (non-hydrogen) atoms. The van der Waals surface area contributed by atoms with Gasteiger partial charge in [0.1, 0.15) is 0 Å². The van der Waals surface area contributed by atoms with Gasteiger partial charge in [-0.05, 0) is 6.42 Å². The maximum Gasteiger partial charge on any atom is 0.264 e. The summed E-state index contributed by atoms with van der Waals surface area (Å²) in [4.78, 5) is 8.58. The maximum atomic E-state index is 9.79. The summed E-state index contributed by atoms with van der Waals surface area (Å²) < 4.78 is 27.6. The Labute approximate surface area is 60.0 Å². The molecule has 1 amide bonds. The molecule has 3 N–H and O–H groups in total. The second kappa shape index (κ2) is 6.50. The van der Waals surface area contributed by atoms with E-state index >= 15 is 0 Å². The summed E-state index contributed by atoms with van der Waals surface area (Å²) in [6.45, 7) is 1.69. The summed E-state index contributed by atoms with van der Waals surface area (Å²) in [6.07, 6.45) is 0.721. The van der Waals surface area contributed by atoms with Crippen LogP contribution in [-0.2, 0) is 14.9 Å². The van der Waals surface area contributed by atoms with Crippen molar-refractivity contribution >= 4 is 16.5 Å². The minimum Gasteiger partial charge on any atom is -0.372 e. The van der Waals surface area contributed by atoms with E-state index in [9.17, 15) is 8.42 Å². The quantitative estimate of drug-likeness (QED) is 0.425. The van der Waals surface area contributed by atoms with Crippen molar-refractivity contribution in [3.05, 3.63) is 0 Å². The van der Waals surface area contributed by atoms with E-state index in [4.69, 9.17) is 9.35 Å². The van der Waals surface area contributed by atoms with Crippen LogP contribution in [0.15, 0.2) is 0 Å². The van der Waals surface area contributed by atoms with E-state index in [-0.39, 0.29) is 12.2 Å². The zero-order valence-corrected chi connectivity index (χ0v) is 6.47. The van der Waals surface area contributed by atoms with Crippen molar-refractivity contribution in [2.45, 2.75) is 13.3 Å². The van der Waals surface area contributed by atoms with Crippen LogP contribution in [-0.4, -0.2) is 25.1 Å². The average Bonchev–Trinajstić information content (AvgIpc) is 1.63. The Kier molecular flexibility index (Phi) is 7.86. The molecule has 0 bridgehead atoms. The van der Waals surface area contributed by atoms with Gasteiger partial charge < -0.3 is 5.73 Å². The first-order valence-electron chi connectivity index (χ1n) is 2.58. The van der Waals surface area contributed by atoms with E-state index in [1.54, 1.807) is 6.92 Å². The van der Waals surface area contributed by atoms with E-state index in [1.165, 1.54) is 0 Å². The Hall–Kier alpha value is -0.620. The van der Waals surface area contributed by atoms with Crippen LogP contribution in [0, 0.1) is 0 Å². The third-order valence-corrected chi connectivity index (χ3v) is 1.39. The SMILES string of the molecule is CCCS(=O)(=O)O.NC=O. The average molecular weight is 169 g/mol. The molecule has 0 heterocycles. The Morgan fingerprint density at radius 2 is 1.90 bits per heavy atom. The number of nitrogens with two attached hydrogens (primary N) is 1. The number of rotatable bonds is 2. The highest BCUT2D eigenvalue weighted by molar-refractivity contribution is 7.85. The van der Waals surface area contributed by atoms with Crippen LogP contribution in [0.1, 0.15) is 13.3 Å². The number of amides is 1. The Bertz CT molecular complexity index is 162. The molecule has 0 aliphatic rings. The molecule has 62 valence electrons. The molecule has 0 atom stereocenters. The van der Waals surface area contributed by atoms with Gasteiger partial charge in [-0.2, -0.15) is 8.42 Å². The number of carbonyl (C=O) groups excluding carboxylic acids is 1. The summed E-state index contributed by atoms with van der Waals surface area (Å²) in [5.41, 5.74) is 4.17. The highest BCUT2D eigenvalue weighted by Crippen LogP contribution is 1.83. The number of hydrogen-bond acceptors (Lipinski definition) is 3. The molecule has 5 nitrogen and oxygen atoms in total. The second-order valence-electron chi connectivity index (χ2n) is 1.42. The molecular formula is C4H11NO4S. The standard InChI is InChI=1S/C3H8O3S.CH3NO/c1-2-3-7(4,5)6;2-1-3/h2-3H2,1H3,(H,4,5,6);1H,(H2,2,3). The molecule has 0 aromatic rings. The molecule has 0 unspecified atom stereocenters. The first-order valence-corrected chi connectivity index (χ1v) is 4.19. The molecular weight excluding hydrogens is 158 g/mol. The minimum atomic E-state index is -3.67. The topological polar surface area (TPSA) is 97.5 Å². The molecule has 0 fully saturated rings. The molecule has 0 aromatic carbocycles. The van der Waals surface area contributed by atoms with Crippen molar-refractivity contribution in [1.82, 2.24) is 0 Å². The van der Waals surface area contributed by atoms with Gasteiger partial charge in [0.25, 0.3) is 10.1 Å². The predicted molar refractivity (Wildman–Crippen MR) is 37.0 cm³/mol. The number of hydrogen-bond donors (Lipinski definition) is 2. The van der Waals surface area contributed by atoms with Crippen LogP contribution < -0.4 is 5.73 Å². The zero-order chi connectivity index (χ0) is 8.62. The third-order valence-electron chi connectivity index (χ3n) is 0.462. The monoisotopic (exact) mass is 169 g/mol. The van der Waals surface area contributed by atoms with Gasteiger partial charge in [-0.25, -0.2) is 0 Å². The van der Waals surface area contributed by atoms with Crippen LogP contribution in [0.4, 0.5) is 0 Å². The molecule has 0 spiro atoms. The molecule has 0 radical (unpaired) electrons. The Morgan fingerprint density at radius 3 is 1.90 bits per heavy atom. The molecule has 6 heteroatoms. The van der Waals surface area contributed by atoms with Gasteiger partial charge in [-0.1, -0.05) is 6.92 Å². The molecule has 0 aliphatic carbocycles. The van der Waals surface area contributed by atoms with Gasteiger partial charge in [0, 0.05) is 0 Å². The van der Waals surface area contributed by atoms with Gasteiger partial charge in [-0.3, -0.25) is 9.35 Å². The summed E-state index contributed by atoms with van der Waals surface area (Å²) in [5, 5.41) is 0. The van der Waals surface area contributed by atoms with Crippen molar-refractivity contribution in [2.24, 2.45) is 5.73 Å². The van der Waals surface area contributed by atoms with Crippen molar-refractivity contribution in [3.8, 4) is 0 Å². The van der Waals surface area contributed by atoms with Crippen molar-refractivity contribution < 1.29 is 17.8 Å². The Morgan fingerprint density at radius 1 is 1.60 bits per heavy atom. The van der Waals surface area contributed by atoms with Gasteiger partial charge in [0.15, 0.2) is 0 Å². The van der Waals surface area contributed by atoms with Crippen LogP contribution in [0.2, 0.25) is 0 Å². The fourth-order valence-corrected chi connectivity index (χ4v) is 0.774. The molecule has 0 saturated carbocycles. The van der Waals surface area contributed by atoms with E-state index in [1.807, 2.05) is 0 Å². The fraction of sp³-hybridized carbons (Fsp3) is 0.750. The summed E-state index contributed by atoms with van der Waals surface area (Å²) >= 11 is 0. The summed E-state index contributed by atoms with van der Waals surface area (Å²) in [5.74, 6) is -0.132. The maximum absolute atomic E-state index is 9.79. The van der Waals surface area contributed by atoms with E-state index in [0.717, 1.165) is 0 Å². The lowest BCUT2D eigenvalue weighted by atomic mass is 10.6. The van der Waals surface area contributed by atoms with Gasteiger partial charge in [-0.15, -0.1) is 0 Å². The van der Waals surface area contributed by atoms with Crippen LogP contribution in [0.3, 0.4) is 0 Å². The van der Waals surface area contributed by atoms with Gasteiger partial charge in [0.2, 0.25) is 6.41 Å². The molecule has 0 aromatic heterocycles. The lowest BCUT2D eigenvalue weighted by Gasteiger charge is -1.85. The van der Waals surface area contributed by atoms with E-state index in [2.05, 4.69) is 5.73 Å². The zero-order valence-electron chi connectivity index (χ0n) is 5.65. The molecule has 0 saturated heterocycles. The van der Waals surface area contributed by atoms with Gasteiger partial charge in [0.05, 0.1) is 5.75 Å². The van der Waals surface area contributed by atoms with Crippen LogP contribution >= 0.6 is 0 Å². The predicted octanol–water partition coefficient (Wildman–Crippen LogP) is -0.614. The third kappa shape index (κ3) is 26.3. The van der Waals surface area contributed by atoms with Crippen molar-refractivity contribution in [3.63, 3.8) is 0 Å². The first-order chi connectivity index (χ1) is 4.47. The second-order valence-corrected chi connectivity index (χ2v) is 2.99. The summed E-state index contributed by atoms with van der Waals surface area (Å²) in [7, 11) is -3.67. The number of carbonyl (C=O) groups is 1. The smallest absolute Gasteiger partial charge is 0.264 e. The lowest BCUT2D eigenvalue weighted by molar-refractivity contribution is -0.106. The van der Waals surface area contributed by atoms with E-state index < -0.39 is 10.1 Å². The Balaban J connectivity index is 0. The van der Waals surface area contributed by atoms with Crippen molar-refractivity contribution in [1.29, 1.82) is 0 Å². The molecule has 0 rings (SSSR count). The lowest BCUT2D eigenvalue weighted by Crippen LogP contribution is -2.01. The highest BCUT2D eigenvalue weighted by Gasteiger charge is 1.98. The summed E-state index contributed by atoms with van der Waals surface area (Å²) in [6, 6.07) is 0. The van der Waals surface area contributed by atoms with Crippen LogP contribution in [0.25, 0.3) is 0 Å². The fourth-order valence-electron chi connectivity index (χ4n) is 0.258. The normalized spacial score (nSPS) is 9.40. The minimum absolute atomic E-state index is 0.132. The molecule has 0 aliphatic heterocycles. The van der Waals surface area contributed by atoms with Crippen LogP contribution in [0.5, 0.6) is 0 Å². The highest BCUT2D eigenvalue weighted by atomic mass is 32.2. The van der Waals surface area contributed by atoms with Gasteiger partial charge >= 0.3 is 0 Å². The first kappa shape index (κ1) is 12.1.